The minimum atomic E-state index is 0.190. The van der Waals surface area contributed by atoms with Crippen molar-refractivity contribution in [1.82, 2.24) is 14.9 Å². The second-order valence-electron chi connectivity index (χ2n) is 5.75. The van der Waals surface area contributed by atoms with Gasteiger partial charge >= 0.3 is 0 Å². The lowest BCUT2D eigenvalue weighted by molar-refractivity contribution is 0.345. The number of amidine groups is 1. The molecule has 0 saturated carbocycles. The molecule has 6 heteroatoms. The van der Waals surface area contributed by atoms with Crippen LogP contribution in [0.2, 0.25) is 0 Å². The average Bonchev–Trinajstić information content (AvgIpc) is 3.22. The highest BCUT2D eigenvalue weighted by atomic mass is 32.1. The number of thiazole rings is 1. The summed E-state index contributed by atoms with van der Waals surface area (Å²) in [5.74, 6) is 0.479. The van der Waals surface area contributed by atoms with E-state index in [2.05, 4.69) is 9.97 Å². The first-order valence-corrected chi connectivity index (χ1v) is 8.77. The van der Waals surface area contributed by atoms with Gasteiger partial charge in [-0.05, 0) is 12.1 Å². The number of nitrogens with zero attached hydrogens (tertiary/aromatic N) is 3. The van der Waals surface area contributed by atoms with E-state index in [0.717, 1.165) is 17.0 Å². The summed E-state index contributed by atoms with van der Waals surface area (Å²) in [7, 11) is 0. The Labute approximate surface area is 149 Å². The van der Waals surface area contributed by atoms with Crippen molar-refractivity contribution in [2.24, 2.45) is 0 Å². The quantitative estimate of drug-likeness (QED) is 0.748. The summed E-state index contributed by atoms with van der Waals surface area (Å²) < 4.78 is 0. The number of rotatable bonds is 4. The Bertz CT molecular complexity index is 934. The highest BCUT2D eigenvalue weighted by molar-refractivity contribution is 7.11. The Morgan fingerprint density at radius 1 is 1.12 bits per heavy atom. The molecule has 0 aliphatic carbocycles. The van der Waals surface area contributed by atoms with Crippen LogP contribution in [0.3, 0.4) is 0 Å². The highest BCUT2D eigenvalue weighted by Gasteiger charge is 2.30. The fraction of sp³-hybridized carbons (Fsp3) is 0.105. The largest absolute Gasteiger partial charge is 0.510 e. The summed E-state index contributed by atoms with van der Waals surface area (Å²) in [4.78, 5) is 10.7. The predicted octanol–water partition coefficient (Wildman–Crippen LogP) is 3.97. The molecule has 2 aromatic heterocycles. The van der Waals surface area contributed by atoms with Gasteiger partial charge in [0, 0.05) is 17.1 Å². The molecule has 0 bridgehead atoms. The molecule has 25 heavy (non-hydrogen) atoms. The first kappa shape index (κ1) is 15.5. The lowest BCUT2D eigenvalue weighted by Gasteiger charge is -2.17. The maximum absolute atomic E-state index is 10.4. The van der Waals surface area contributed by atoms with Gasteiger partial charge in [-0.1, -0.05) is 36.4 Å². The zero-order valence-corrected chi connectivity index (χ0v) is 14.2. The van der Waals surface area contributed by atoms with E-state index >= 15 is 0 Å². The van der Waals surface area contributed by atoms with Crippen molar-refractivity contribution in [3.05, 3.63) is 76.6 Å². The normalized spacial score (nSPS) is 14.4. The third kappa shape index (κ3) is 3.04. The van der Waals surface area contributed by atoms with E-state index in [1.165, 1.54) is 11.3 Å². The van der Waals surface area contributed by atoms with Crippen LogP contribution in [0.4, 0.5) is 0 Å². The fourth-order valence-electron chi connectivity index (χ4n) is 2.81. The number of benzene rings is 1. The van der Waals surface area contributed by atoms with Crippen LogP contribution in [0.25, 0.3) is 16.8 Å². The maximum Gasteiger partial charge on any atom is 0.135 e. The van der Waals surface area contributed by atoms with Crippen LogP contribution in [0.15, 0.2) is 65.9 Å². The monoisotopic (exact) mass is 348 g/mol. The summed E-state index contributed by atoms with van der Waals surface area (Å²) in [5.41, 5.74) is 3.27. The van der Waals surface area contributed by atoms with Crippen LogP contribution < -0.4 is 0 Å². The SMILES string of the molecule is N=C1C(c2nc(-c3ccccc3)cs2)=C(O)CN1Cc1ccccn1. The molecule has 0 spiro atoms. The molecule has 1 aromatic carbocycles. The topological polar surface area (TPSA) is 73.1 Å². The van der Waals surface area contributed by atoms with E-state index in [-0.39, 0.29) is 11.6 Å². The molecule has 3 heterocycles. The first-order chi connectivity index (χ1) is 12.2. The third-order valence-corrected chi connectivity index (χ3v) is 4.91. The molecule has 0 unspecified atom stereocenters. The van der Waals surface area contributed by atoms with Gasteiger partial charge in [0.25, 0.3) is 0 Å². The molecule has 124 valence electrons. The summed E-state index contributed by atoms with van der Waals surface area (Å²) in [5, 5.41) is 21.5. The van der Waals surface area contributed by atoms with Gasteiger partial charge in [-0.15, -0.1) is 11.3 Å². The zero-order chi connectivity index (χ0) is 17.2. The first-order valence-electron chi connectivity index (χ1n) is 7.89. The van der Waals surface area contributed by atoms with E-state index in [0.29, 0.717) is 23.7 Å². The molecular weight excluding hydrogens is 332 g/mol. The Hall–Kier alpha value is -2.99. The van der Waals surface area contributed by atoms with Gasteiger partial charge in [0.1, 0.15) is 16.6 Å². The van der Waals surface area contributed by atoms with Gasteiger partial charge in [0.05, 0.1) is 30.1 Å². The zero-order valence-electron chi connectivity index (χ0n) is 13.4. The Morgan fingerprint density at radius 2 is 1.92 bits per heavy atom. The van der Waals surface area contributed by atoms with Gasteiger partial charge in [0.2, 0.25) is 0 Å². The van der Waals surface area contributed by atoms with Crippen molar-refractivity contribution in [2.75, 3.05) is 6.54 Å². The van der Waals surface area contributed by atoms with Crippen molar-refractivity contribution < 1.29 is 5.11 Å². The number of hydrogen-bond donors (Lipinski definition) is 2. The van der Waals surface area contributed by atoms with Crippen LogP contribution >= 0.6 is 11.3 Å². The molecule has 3 aromatic rings. The second-order valence-corrected chi connectivity index (χ2v) is 6.61. The molecule has 0 saturated heterocycles. The molecule has 4 rings (SSSR count). The smallest absolute Gasteiger partial charge is 0.135 e. The van der Waals surface area contributed by atoms with E-state index in [1.54, 1.807) is 11.1 Å². The van der Waals surface area contributed by atoms with E-state index in [9.17, 15) is 5.11 Å². The minimum absolute atomic E-state index is 0.190. The number of pyridine rings is 1. The summed E-state index contributed by atoms with van der Waals surface area (Å²) in [6, 6.07) is 15.6. The number of nitrogens with one attached hydrogen (secondary N) is 1. The maximum atomic E-state index is 10.4. The third-order valence-electron chi connectivity index (χ3n) is 4.05. The van der Waals surface area contributed by atoms with Crippen LogP contribution in [0.1, 0.15) is 10.7 Å². The summed E-state index contributed by atoms with van der Waals surface area (Å²) >= 11 is 1.45. The van der Waals surface area contributed by atoms with Crippen molar-refractivity contribution in [2.45, 2.75) is 6.54 Å². The fourth-order valence-corrected chi connectivity index (χ4v) is 3.71. The van der Waals surface area contributed by atoms with Crippen LogP contribution in [-0.2, 0) is 6.54 Å². The van der Waals surface area contributed by atoms with Crippen LogP contribution in [0.5, 0.6) is 0 Å². The van der Waals surface area contributed by atoms with Crippen LogP contribution in [-0.4, -0.2) is 32.4 Å². The standard InChI is InChI=1S/C19H16N4OS/c20-18-17(16(24)11-23(18)10-14-8-4-5-9-21-14)19-22-15(12-25-19)13-6-2-1-3-7-13/h1-9,12,20,24H,10-11H2. The van der Waals surface area contributed by atoms with Gasteiger partial charge in [-0.3, -0.25) is 10.4 Å². The number of aliphatic hydroxyl groups is 1. The van der Waals surface area contributed by atoms with E-state index in [4.69, 9.17) is 5.41 Å². The number of aromatic nitrogens is 2. The van der Waals surface area contributed by atoms with Crippen molar-refractivity contribution in [1.29, 1.82) is 5.41 Å². The van der Waals surface area contributed by atoms with Gasteiger partial charge in [-0.2, -0.15) is 0 Å². The van der Waals surface area contributed by atoms with Crippen molar-refractivity contribution >= 4 is 22.7 Å². The highest BCUT2D eigenvalue weighted by Crippen LogP contribution is 2.32. The summed E-state index contributed by atoms with van der Waals surface area (Å²) in [6.07, 6.45) is 1.73. The number of hydrogen-bond acceptors (Lipinski definition) is 5. The van der Waals surface area contributed by atoms with E-state index in [1.807, 2.05) is 53.9 Å². The average molecular weight is 348 g/mol. The molecule has 0 fully saturated rings. The molecule has 5 nitrogen and oxygen atoms in total. The molecule has 1 aliphatic heterocycles. The lowest BCUT2D eigenvalue weighted by atomic mass is 10.2. The Balaban J connectivity index is 1.57. The van der Waals surface area contributed by atoms with Crippen molar-refractivity contribution in [3.63, 3.8) is 0 Å². The molecule has 0 radical (unpaired) electrons. The number of aliphatic hydroxyl groups excluding tert-OH is 1. The van der Waals surface area contributed by atoms with Gasteiger partial charge in [-0.25, -0.2) is 4.98 Å². The molecular formula is C19H16N4OS. The molecule has 2 N–H and O–H groups in total. The molecule has 0 amide bonds. The Kier molecular flexibility index (Phi) is 4.03. The van der Waals surface area contributed by atoms with Crippen molar-refractivity contribution in [3.8, 4) is 11.3 Å². The molecule has 1 aliphatic rings. The predicted molar refractivity (Wildman–Crippen MR) is 99.5 cm³/mol. The second kappa shape index (κ2) is 6.49. The van der Waals surface area contributed by atoms with Crippen LogP contribution in [0, 0.1) is 5.41 Å². The lowest BCUT2D eigenvalue weighted by Crippen LogP contribution is -2.26. The van der Waals surface area contributed by atoms with Gasteiger partial charge < -0.3 is 10.0 Å². The van der Waals surface area contributed by atoms with E-state index < -0.39 is 0 Å². The minimum Gasteiger partial charge on any atom is -0.510 e. The summed E-state index contributed by atoms with van der Waals surface area (Å²) in [6.45, 7) is 0.801. The van der Waals surface area contributed by atoms with Gasteiger partial charge in [0.15, 0.2) is 0 Å². The molecule has 0 atom stereocenters. The Morgan fingerprint density at radius 3 is 2.68 bits per heavy atom.